The summed E-state index contributed by atoms with van der Waals surface area (Å²) < 4.78 is 1.09. The van der Waals surface area contributed by atoms with Crippen LogP contribution in [0.4, 0.5) is 5.82 Å². The zero-order valence-corrected chi connectivity index (χ0v) is 11.7. The normalized spacial score (nSPS) is 11.6. The van der Waals surface area contributed by atoms with Crippen LogP contribution < -0.4 is 4.90 Å². The van der Waals surface area contributed by atoms with Gasteiger partial charge in [0.05, 0.1) is 4.47 Å². The summed E-state index contributed by atoms with van der Waals surface area (Å²) in [5.41, 5.74) is 1.50. The van der Waals surface area contributed by atoms with Crippen LogP contribution in [-0.4, -0.2) is 18.6 Å². The number of rotatable bonds is 2. The Balaban J connectivity index is 2.92. The van der Waals surface area contributed by atoms with Gasteiger partial charge in [0.1, 0.15) is 5.82 Å². The lowest BCUT2D eigenvalue weighted by molar-refractivity contribution is 0.417. The average molecular weight is 271 g/mol. The number of hydrogen-bond donors (Lipinski definition) is 0. The van der Waals surface area contributed by atoms with E-state index in [2.05, 4.69) is 60.6 Å². The molecule has 1 heterocycles. The summed E-state index contributed by atoms with van der Waals surface area (Å²) in [5, 5.41) is 0. The molecule has 3 heteroatoms. The number of pyridine rings is 1. The van der Waals surface area contributed by atoms with Crippen LogP contribution >= 0.6 is 15.9 Å². The largest absolute Gasteiger partial charge is 0.358 e. The molecule has 0 N–H and O–H groups in total. The molecule has 0 amide bonds. The van der Waals surface area contributed by atoms with Gasteiger partial charge in [-0.1, -0.05) is 20.8 Å². The summed E-state index contributed by atoms with van der Waals surface area (Å²) in [6.07, 6.45) is 1.86. The summed E-state index contributed by atoms with van der Waals surface area (Å²) in [7, 11) is 2.08. The molecule has 0 aromatic carbocycles. The highest BCUT2D eigenvalue weighted by molar-refractivity contribution is 9.10. The van der Waals surface area contributed by atoms with Crippen molar-refractivity contribution in [1.29, 1.82) is 0 Å². The van der Waals surface area contributed by atoms with E-state index in [1.807, 2.05) is 12.3 Å². The van der Waals surface area contributed by atoms with E-state index in [0.29, 0.717) is 0 Å². The molecule has 0 spiro atoms. The Kier molecular flexibility index (Phi) is 3.77. The van der Waals surface area contributed by atoms with Crippen LogP contribution in [0.2, 0.25) is 0 Å². The standard InChI is InChI=1S/C12H19BrN2/c1-9-6-7-14-11(10(9)13)15(5)8-12(2,3)4/h6-7H,8H2,1-5H3. The molecule has 0 aliphatic carbocycles. The maximum absolute atomic E-state index is 4.40. The Labute approximate surface area is 101 Å². The van der Waals surface area contributed by atoms with Gasteiger partial charge < -0.3 is 4.90 Å². The molecule has 1 rings (SSSR count). The second kappa shape index (κ2) is 4.52. The van der Waals surface area contributed by atoms with Crippen molar-refractivity contribution < 1.29 is 0 Å². The van der Waals surface area contributed by atoms with Gasteiger partial charge in [-0.2, -0.15) is 0 Å². The van der Waals surface area contributed by atoms with E-state index >= 15 is 0 Å². The Hall–Kier alpha value is -0.570. The molecule has 0 saturated carbocycles. The molecule has 1 aromatic heterocycles. The minimum Gasteiger partial charge on any atom is -0.358 e. The van der Waals surface area contributed by atoms with Gasteiger partial charge >= 0.3 is 0 Å². The van der Waals surface area contributed by atoms with Crippen molar-refractivity contribution in [2.75, 3.05) is 18.5 Å². The fraction of sp³-hybridized carbons (Fsp3) is 0.583. The first-order valence-electron chi connectivity index (χ1n) is 5.13. The monoisotopic (exact) mass is 270 g/mol. The summed E-state index contributed by atoms with van der Waals surface area (Å²) in [4.78, 5) is 6.59. The number of halogens is 1. The fourth-order valence-corrected chi connectivity index (χ4v) is 2.12. The number of anilines is 1. The number of hydrogen-bond acceptors (Lipinski definition) is 2. The third-order valence-electron chi connectivity index (χ3n) is 2.14. The highest BCUT2D eigenvalue weighted by Crippen LogP contribution is 2.28. The van der Waals surface area contributed by atoms with Crippen molar-refractivity contribution in [2.24, 2.45) is 5.41 Å². The van der Waals surface area contributed by atoms with Crippen molar-refractivity contribution in [3.63, 3.8) is 0 Å². The molecule has 0 radical (unpaired) electrons. The second-order valence-corrected chi connectivity index (χ2v) is 5.98. The third kappa shape index (κ3) is 3.49. The highest BCUT2D eigenvalue weighted by atomic mass is 79.9. The van der Waals surface area contributed by atoms with Gasteiger partial charge in [-0.25, -0.2) is 4.98 Å². The van der Waals surface area contributed by atoms with E-state index in [1.165, 1.54) is 5.56 Å². The SMILES string of the molecule is Cc1ccnc(N(C)CC(C)(C)C)c1Br. The van der Waals surface area contributed by atoms with Gasteiger partial charge in [-0.05, 0) is 39.9 Å². The fourth-order valence-electron chi connectivity index (χ4n) is 1.58. The van der Waals surface area contributed by atoms with Gasteiger partial charge in [-0.3, -0.25) is 0 Å². The summed E-state index contributed by atoms with van der Waals surface area (Å²) >= 11 is 3.58. The zero-order valence-electron chi connectivity index (χ0n) is 10.1. The van der Waals surface area contributed by atoms with Crippen molar-refractivity contribution in [3.05, 3.63) is 22.3 Å². The molecule has 2 nitrogen and oxygen atoms in total. The molecule has 84 valence electrons. The van der Waals surface area contributed by atoms with E-state index in [4.69, 9.17) is 0 Å². The Morgan fingerprint density at radius 2 is 2.00 bits per heavy atom. The molecule has 0 fully saturated rings. The topological polar surface area (TPSA) is 16.1 Å². The summed E-state index contributed by atoms with van der Waals surface area (Å²) in [6.45, 7) is 9.76. The molecule has 0 saturated heterocycles. The highest BCUT2D eigenvalue weighted by Gasteiger charge is 2.16. The van der Waals surface area contributed by atoms with Crippen LogP contribution in [0.1, 0.15) is 26.3 Å². The van der Waals surface area contributed by atoms with Crippen LogP contribution in [0.5, 0.6) is 0 Å². The van der Waals surface area contributed by atoms with E-state index in [1.54, 1.807) is 0 Å². The minimum absolute atomic E-state index is 0.277. The number of aryl methyl sites for hydroxylation is 1. The van der Waals surface area contributed by atoms with Crippen molar-refractivity contribution in [1.82, 2.24) is 4.98 Å². The quantitative estimate of drug-likeness (QED) is 0.816. The van der Waals surface area contributed by atoms with Crippen LogP contribution in [0.3, 0.4) is 0 Å². The second-order valence-electron chi connectivity index (χ2n) is 5.18. The predicted molar refractivity (Wildman–Crippen MR) is 69.4 cm³/mol. The van der Waals surface area contributed by atoms with Gasteiger partial charge in [0.25, 0.3) is 0 Å². The number of nitrogens with zero attached hydrogens (tertiary/aromatic N) is 2. The smallest absolute Gasteiger partial charge is 0.142 e. The van der Waals surface area contributed by atoms with Crippen molar-refractivity contribution >= 4 is 21.7 Å². The van der Waals surface area contributed by atoms with Gasteiger partial charge in [-0.15, -0.1) is 0 Å². The third-order valence-corrected chi connectivity index (χ3v) is 3.12. The van der Waals surface area contributed by atoms with Crippen LogP contribution in [0, 0.1) is 12.3 Å². The molecular weight excluding hydrogens is 252 g/mol. The molecule has 1 aromatic rings. The lowest BCUT2D eigenvalue weighted by Gasteiger charge is -2.28. The lowest BCUT2D eigenvalue weighted by atomic mass is 9.96. The maximum Gasteiger partial charge on any atom is 0.142 e. The first-order valence-corrected chi connectivity index (χ1v) is 5.93. The average Bonchev–Trinajstić information content (AvgIpc) is 2.06. The first-order chi connectivity index (χ1) is 6.81. The molecule has 15 heavy (non-hydrogen) atoms. The molecule has 0 aliphatic rings. The first kappa shape index (κ1) is 12.5. The number of aromatic nitrogens is 1. The van der Waals surface area contributed by atoms with Crippen molar-refractivity contribution in [2.45, 2.75) is 27.7 Å². The molecular formula is C12H19BrN2. The predicted octanol–water partition coefficient (Wildman–Crippen LogP) is 3.63. The van der Waals surface area contributed by atoms with E-state index in [9.17, 15) is 0 Å². The van der Waals surface area contributed by atoms with Crippen LogP contribution in [-0.2, 0) is 0 Å². The van der Waals surface area contributed by atoms with Gasteiger partial charge in [0.2, 0.25) is 0 Å². The van der Waals surface area contributed by atoms with Gasteiger partial charge in [0.15, 0.2) is 0 Å². The van der Waals surface area contributed by atoms with Crippen LogP contribution in [0.15, 0.2) is 16.7 Å². The lowest BCUT2D eigenvalue weighted by Crippen LogP contribution is -2.30. The molecule has 0 bridgehead atoms. The Morgan fingerprint density at radius 1 is 1.40 bits per heavy atom. The minimum atomic E-state index is 0.277. The summed E-state index contributed by atoms with van der Waals surface area (Å²) in [5.74, 6) is 1.02. The van der Waals surface area contributed by atoms with E-state index < -0.39 is 0 Å². The Bertz CT molecular complexity index is 342. The van der Waals surface area contributed by atoms with Crippen molar-refractivity contribution in [3.8, 4) is 0 Å². The molecule has 0 unspecified atom stereocenters. The summed E-state index contributed by atoms with van der Waals surface area (Å²) in [6, 6.07) is 2.01. The van der Waals surface area contributed by atoms with Gasteiger partial charge in [0, 0.05) is 19.8 Å². The molecule has 0 aliphatic heterocycles. The van der Waals surface area contributed by atoms with Crippen LogP contribution in [0.25, 0.3) is 0 Å². The van der Waals surface area contributed by atoms with E-state index in [0.717, 1.165) is 16.8 Å². The molecule has 0 atom stereocenters. The van der Waals surface area contributed by atoms with E-state index in [-0.39, 0.29) is 5.41 Å². The Morgan fingerprint density at radius 3 is 2.53 bits per heavy atom. The zero-order chi connectivity index (χ0) is 11.6. The maximum atomic E-state index is 4.40.